The van der Waals surface area contributed by atoms with Crippen molar-refractivity contribution < 1.29 is 8.42 Å². The summed E-state index contributed by atoms with van der Waals surface area (Å²) in [6, 6.07) is 0.609. The van der Waals surface area contributed by atoms with Crippen LogP contribution in [0.4, 0.5) is 0 Å². The average molecular weight is 248 g/mol. The van der Waals surface area contributed by atoms with Crippen molar-refractivity contribution in [3.8, 4) is 0 Å². The van der Waals surface area contributed by atoms with Gasteiger partial charge in [-0.1, -0.05) is 6.92 Å². The lowest BCUT2D eigenvalue weighted by Gasteiger charge is -2.16. The van der Waals surface area contributed by atoms with Gasteiger partial charge in [-0.05, 0) is 38.9 Å². The molecule has 1 heterocycles. The molecule has 0 bridgehead atoms. The minimum absolute atomic E-state index is 0.316. The van der Waals surface area contributed by atoms with Gasteiger partial charge in [-0.3, -0.25) is 0 Å². The lowest BCUT2D eigenvalue weighted by Crippen LogP contribution is -2.33. The predicted octanol–water partition coefficient (Wildman–Crippen LogP) is 0.495. The molecule has 0 spiro atoms. The van der Waals surface area contributed by atoms with Crippen LogP contribution in [0.15, 0.2) is 0 Å². The standard InChI is InChI=1S/C11H24N2O2S/c1-3-6-12-11-5-8-13(10-11)7-4-9-16(2,14)15/h11-12H,3-10H2,1-2H3. The summed E-state index contributed by atoms with van der Waals surface area (Å²) in [5.41, 5.74) is 0. The van der Waals surface area contributed by atoms with E-state index in [0.29, 0.717) is 11.8 Å². The Balaban J connectivity index is 2.12. The number of nitrogens with zero attached hydrogens (tertiary/aromatic N) is 1. The van der Waals surface area contributed by atoms with E-state index < -0.39 is 9.84 Å². The third kappa shape index (κ3) is 5.82. The van der Waals surface area contributed by atoms with Gasteiger partial charge in [0, 0.05) is 18.8 Å². The molecule has 1 aliphatic rings. The van der Waals surface area contributed by atoms with E-state index in [1.54, 1.807) is 0 Å². The highest BCUT2D eigenvalue weighted by Gasteiger charge is 2.21. The molecule has 5 heteroatoms. The first-order valence-corrected chi connectivity index (χ1v) is 8.21. The molecule has 0 aromatic rings. The topological polar surface area (TPSA) is 49.4 Å². The van der Waals surface area contributed by atoms with Crippen molar-refractivity contribution in [1.82, 2.24) is 10.2 Å². The summed E-state index contributed by atoms with van der Waals surface area (Å²) in [6.07, 6.45) is 4.44. The van der Waals surface area contributed by atoms with Crippen LogP contribution < -0.4 is 5.32 Å². The SMILES string of the molecule is CCCNC1CCN(CCCS(C)(=O)=O)C1. The summed E-state index contributed by atoms with van der Waals surface area (Å²) < 4.78 is 22.0. The Labute approximate surface area is 99.3 Å². The molecule has 1 N–H and O–H groups in total. The maximum atomic E-state index is 11.0. The fraction of sp³-hybridized carbons (Fsp3) is 1.00. The molecule has 1 aliphatic heterocycles. The van der Waals surface area contributed by atoms with Crippen LogP contribution in [0.2, 0.25) is 0 Å². The molecule has 1 fully saturated rings. The van der Waals surface area contributed by atoms with Crippen LogP contribution in [0.25, 0.3) is 0 Å². The van der Waals surface area contributed by atoms with Crippen LogP contribution in [-0.2, 0) is 9.84 Å². The Morgan fingerprint density at radius 1 is 1.44 bits per heavy atom. The van der Waals surface area contributed by atoms with Crippen molar-refractivity contribution in [2.45, 2.75) is 32.2 Å². The summed E-state index contributed by atoms with van der Waals surface area (Å²) in [5, 5.41) is 3.51. The largest absolute Gasteiger partial charge is 0.313 e. The highest BCUT2D eigenvalue weighted by atomic mass is 32.2. The average Bonchev–Trinajstić information content (AvgIpc) is 2.61. The third-order valence-electron chi connectivity index (χ3n) is 2.94. The number of hydrogen-bond donors (Lipinski definition) is 1. The molecule has 4 nitrogen and oxygen atoms in total. The zero-order chi connectivity index (χ0) is 12.0. The van der Waals surface area contributed by atoms with E-state index in [0.717, 1.165) is 32.6 Å². The normalized spacial score (nSPS) is 22.8. The second-order valence-electron chi connectivity index (χ2n) is 4.72. The van der Waals surface area contributed by atoms with Crippen LogP contribution in [0.3, 0.4) is 0 Å². The summed E-state index contributed by atoms with van der Waals surface area (Å²) in [4.78, 5) is 2.36. The second-order valence-corrected chi connectivity index (χ2v) is 6.98. The number of rotatable bonds is 7. The van der Waals surface area contributed by atoms with Crippen molar-refractivity contribution >= 4 is 9.84 Å². The number of hydrogen-bond acceptors (Lipinski definition) is 4. The van der Waals surface area contributed by atoms with Crippen molar-refractivity contribution in [3.05, 3.63) is 0 Å². The highest BCUT2D eigenvalue weighted by Crippen LogP contribution is 2.09. The van der Waals surface area contributed by atoms with Crippen LogP contribution in [0.5, 0.6) is 0 Å². The molecule has 0 amide bonds. The molecule has 96 valence electrons. The summed E-state index contributed by atoms with van der Waals surface area (Å²) in [5.74, 6) is 0.316. The summed E-state index contributed by atoms with van der Waals surface area (Å²) >= 11 is 0. The number of nitrogens with one attached hydrogen (secondary N) is 1. The van der Waals surface area contributed by atoms with E-state index in [-0.39, 0.29) is 0 Å². The maximum absolute atomic E-state index is 11.0. The molecule has 0 aromatic carbocycles. The Kier molecular flexibility index (Phi) is 5.72. The third-order valence-corrected chi connectivity index (χ3v) is 3.98. The van der Waals surface area contributed by atoms with E-state index >= 15 is 0 Å². The lowest BCUT2D eigenvalue weighted by molar-refractivity contribution is 0.328. The van der Waals surface area contributed by atoms with Gasteiger partial charge in [0.15, 0.2) is 0 Å². The van der Waals surface area contributed by atoms with Crippen LogP contribution in [0.1, 0.15) is 26.2 Å². The van der Waals surface area contributed by atoms with E-state index in [1.807, 2.05) is 0 Å². The molecule has 0 aromatic heterocycles. The van der Waals surface area contributed by atoms with Gasteiger partial charge in [0.05, 0.1) is 5.75 Å². The molecule has 1 rings (SSSR count). The Morgan fingerprint density at radius 3 is 2.81 bits per heavy atom. The van der Waals surface area contributed by atoms with Gasteiger partial charge in [-0.25, -0.2) is 8.42 Å². The first-order valence-electron chi connectivity index (χ1n) is 6.14. The summed E-state index contributed by atoms with van der Waals surface area (Å²) in [7, 11) is -2.79. The van der Waals surface area contributed by atoms with Gasteiger partial charge < -0.3 is 10.2 Å². The van der Waals surface area contributed by atoms with Crippen LogP contribution in [-0.4, -0.2) is 57.5 Å². The fourth-order valence-corrected chi connectivity index (χ4v) is 2.75. The first kappa shape index (κ1) is 13.9. The van der Waals surface area contributed by atoms with Gasteiger partial charge in [-0.2, -0.15) is 0 Å². The van der Waals surface area contributed by atoms with Crippen LogP contribution in [0, 0.1) is 0 Å². The molecule has 1 saturated heterocycles. The van der Waals surface area contributed by atoms with E-state index in [1.165, 1.54) is 19.1 Å². The highest BCUT2D eigenvalue weighted by molar-refractivity contribution is 7.90. The summed E-state index contributed by atoms with van der Waals surface area (Å²) in [6.45, 7) is 6.35. The smallest absolute Gasteiger partial charge is 0.147 e. The Morgan fingerprint density at radius 2 is 2.19 bits per heavy atom. The van der Waals surface area contributed by atoms with Crippen molar-refractivity contribution in [3.63, 3.8) is 0 Å². The zero-order valence-electron chi connectivity index (χ0n) is 10.4. The van der Waals surface area contributed by atoms with Crippen LogP contribution >= 0.6 is 0 Å². The monoisotopic (exact) mass is 248 g/mol. The van der Waals surface area contributed by atoms with E-state index in [9.17, 15) is 8.42 Å². The second kappa shape index (κ2) is 6.57. The van der Waals surface area contributed by atoms with E-state index in [2.05, 4.69) is 17.1 Å². The van der Waals surface area contributed by atoms with Gasteiger partial charge >= 0.3 is 0 Å². The van der Waals surface area contributed by atoms with Crippen molar-refractivity contribution in [2.75, 3.05) is 38.2 Å². The molecule has 0 saturated carbocycles. The van der Waals surface area contributed by atoms with Crippen molar-refractivity contribution in [1.29, 1.82) is 0 Å². The molecule has 0 radical (unpaired) electrons. The van der Waals surface area contributed by atoms with Crippen molar-refractivity contribution in [2.24, 2.45) is 0 Å². The van der Waals surface area contributed by atoms with E-state index in [4.69, 9.17) is 0 Å². The Hall–Kier alpha value is -0.130. The first-order chi connectivity index (χ1) is 7.51. The quantitative estimate of drug-likeness (QED) is 0.712. The molecule has 1 unspecified atom stereocenters. The molecule has 16 heavy (non-hydrogen) atoms. The fourth-order valence-electron chi connectivity index (χ4n) is 2.10. The van der Waals surface area contributed by atoms with Gasteiger partial charge in [-0.15, -0.1) is 0 Å². The lowest BCUT2D eigenvalue weighted by atomic mass is 10.2. The van der Waals surface area contributed by atoms with Gasteiger partial charge in [0.1, 0.15) is 9.84 Å². The molecular weight excluding hydrogens is 224 g/mol. The van der Waals surface area contributed by atoms with Gasteiger partial charge in [0.2, 0.25) is 0 Å². The number of likely N-dealkylation sites (tertiary alicyclic amines) is 1. The van der Waals surface area contributed by atoms with Gasteiger partial charge in [0.25, 0.3) is 0 Å². The zero-order valence-corrected chi connectivity index (χ0v) is 11.2. The molecule has 0 aliphatic carbocycles. The molecule has 1 atom stereocenters. The molecular formula is C11H24N2O2S. The maximum Gasteiger partial charge on any atom is 0.147 e. The Bertz CT molecular complexity index is 290. The minimum Gasteiger partial charge on any atom is -0.313 e. The minimum atomic E-state index is -2.79. The predicted molar refractivity (Wildman–Crippen MR) is 67.5 cm³/mol. The number of sulfone groups is 1.